The summed E-state index contributed by atoms with van der Waals surface area (Å²) in [5.41, 5.74) is 5.45. The molecule has 0 rings (SSSR count). The number of carbonyl (C=O) groups is 5. The Morgan fingerprint density at radius 1 is 0.833 bits per heavy atom. The van der Waals surface area contributed by atoms with Crippen LogP contribution in [0.15, 0.2) is 0 Å². The number of carboxylic acid groups (broad SMARTS) is 2. The van der Waals surface area contributed by atoms with Crippen LogP contribution in [0.25, 0.3) is 0 Å². The van der Waals surface area contributed by atoms with Crippen LogP contribution in [0.4, 0.5) is 0 Å². The van der Waals surface area contributed by atoms with Crippen LogP contribution < -0.4 is 21.7 Å². The molecule has 0 aromatic rings. The van der Waals surface area contributed by atoms with E-state index in [4.69, 9.17) is 10.8 Å². The van der Waals surface area contributed by atoms with Crippen molar-refractivity contribution in [2.24, 2.45) is 17.6 Å². The molecule has 0 bridgehead atoms. The van der Waals surface area contributed by atoms with Crippen LogP contribution in [0.2, 0.25) is 0 Å². The zero-order valence-electron chi connectivity index (χ0n) is 18.1. The first kappa shape index (κ1) is 27.3. The van der Waals surface area contributed by atoms with Gasteiger partial charge in [0.1, 0.15) is 18.1 Å². The summed E-state index contributed by atoms with van der Waals surface area (Å²) in [7, 11) is 0. The predicted octanol–water partition coefficient (Wildman–Crippen LogP) is -0.560. The zero-order valence-corrected chi connectivity index (χ0v) is 18.1. The standard InChI is InChI=1S/C19H34N4O7/c1-6-10(4)15(18(28)22-13(19(29)30)7-9(2)3)23-17(27)12(8-14(24)25)21-16(26)11(5)20/h9-13,15H,6-8,20H2,1-5H3,(H,21,26)(H,22,28)(H,23,27)(H,24,25)(H,29,30). The van der Waals surface area contributed by atoms with Gasteiger partial charge in [-0.25, -0.2) is 4.79 Å². The molecule has 0 aromatic heterocycles. The van der Waals surface area contributed by atoms with Crippen LogP contribution in [0, 0.1) is 11.8 Å². The number of nitrogens with one attached hydrogen (secondary N) is 3. The maximum Gasteiger partial charge on any atom is 0.326 e. The highest BCUT2D eigenvalue weighted by Crippen LogP contribution is 2.11. The predicted molar refractivity (Wildman–Crippen MR) is 108 cm³/mol. The molecule has 0 spiro atoms. The minimum atomic E-state index is -1.44. The van der Waals surface area contributed by atoms with E-state index in [0.29, 0.717) is 6.42 Å². The highest BCUT2D eigenvalue weighted by molar-refractivity contribution is 5.95. The normalized spacial score (nSPS) is 16.0. The van der Waals surface area contributed by atoms with Crippen molar-refractivity contribution in [2.45, 2.75) is 78.0 Å². The fourth-order valence-corrected chi connectivity index (χ4v) is 2.60. The average Bonchev–Trinajstić information content (AvgIpc) is 2.62. The van der Waals surface area contributed by atoms with Gasteiger partial charge < -0.3 is 31.9 Å². The third-order valence-corrected chi connectivity index (χ3v) is 4.54. The number of hydrogen-bond donors (Lipinski definition) is 6. The Bertz CT molecular complexity index is 636. The van der Waals surface area contributed by atoms with Gasteiger partial charge in [-0.15, -0.1) is 0 Å². The van der Waals surface area contributed by atoms with E-state index in [1.165, 1.54) is 6.92 Å². The fraction of sp³-hybridized carbons (Fsp3) is 0.737. The number of rotatable bonds is 13. The van der Waals surface area contributed by atoms with Gasteiger partial charge in [0, 0.05) is 0 Å². The molecule has 0 aromatic carbocycles. The lowest BCUT2D eigenvalue weighted by molar-refractivity contribution is -0.144. The first-order valence-electron chi connectivity index (χ1n) is 9.91. The monoisotopic (exact) mass is 430 g/mol. The van der Waals surface area contributed by atoms with Crippen molar-refractivity contribution >= 4 is 29.7 Å². The lowest BCUT2D eigenvalue weighted by Gasteiger charge is -2.28. The van der Waals surface area contributed by atoms with Gasteiger partial charge in [-0.05, 0) is 25.2 Å². The third-order valence-electron chi connectivity index (χ3n) is 4.54. The Hall–Kier alpha value is -2.69. The summed E-state index contributed by atoms with van der Waals surface area (Å²) in [6.07, 6.45) is -0.0192. The summed E-state index contributed by atoms with van der Waals surface area (Å²) < 4.78 is 0. The first-order valence-corrected chi connectivity index (χ1v) is 9.91. The molecule has 5 atom stereocenters. The molecular formula is C19H34N4O7. The Labute approximate surface area is 176 Å². The van der Waals surface area contributed by atoms with Gasteiger partial charge in [0.05, 0.1) is 12.5 Å². The van der Waals surface area contributed by atoms with Crippen LogP contribution in [-0.2, 0) is 24.0 Å². The summed E-state index contributed by atoms with van der Waals surface area (Å²) >= 11 is 0. The number of amides is 3. The van der Waals surface area contributed by atoms with Gasteiger partial charge >= 0.3 is 11.9 Å². The number of nitrogens with two attached hydrogens (primary N) is 1. The molecule has 0 fully saturated rings. The number of aliphatic carboxylic acids is 2. The topological polar surface area (TPSA) is 188 Å². The van der Waals surface area contributed by atoms with Crippen LogP contribution in [0.5, 0.6) is 0 Å². The van der Waals surface area contributed by atoms with E-state index >= 15 is 0 Å². The van der Waals surface area contributed by atoms with Gasteiger partial charge in [0.25, 0.3) is 0 Å². The summed E-state index contributed by atoms with van der Waals surface area (Å²) in [5.74, 6) is -5.18. The molecule has 11 nitrogen and oxygen atoms in total. The second-order valence-corrected chi connectivity index (χ2v) is 7.85. The Morgan fingerprint density at radius 2 is 1.37 bits per heavy atom. The molecular weight excluding hydrogens is 396 g/mol. The molecule has 0 saturated carbocycles. The van der Waals surface area contributed by atoms with Crippen molar-refractivity contribution in [3.63, 3.8) is 0 Å². The van der Waals surface area contributed by atoms with Gasteiger partial charge in [-0.2, -0.15) is 0 Å². The van der Waals surface area contributed by atoms with E-state index in [9.17, 15) is 29.1 Å². The Morgan fingerprint density at radius 3 is 1.77 bits per heavy atom. The second-order valence-electron chi connectivity index (χ2n) is 7.85. The maximum atomic E-state index is 12.7. The van der Waals surface area contributed by atoms with Crippen molar-refractivity contribution < 1.29 is 34.2 Å². The molecule has 7 N–H and O–H groups in total. The smallest absolute Gasteiger partial charge is 0.326 e. The third kappa shape index (κ3) is 9.68. The molecule has 0 aliphatic heterocycles. The van der Waals surface area contributed by atoms with Gasteiger partial charge in [0.2, 0.25) is 17.7 Å². The zero-order chi connectivity index (χ0) is 23.6. The number of hydrogen-bond acceptors (Lipinski definition) is 6. The lowest BCUT2D eigenvalue weighted by atomic mass is 9.96. The summed E-state index contributed by atoms with van der Waals surface area (Å²) in [5, 5.41) is 25.5. The van der Waals surface area contributed by atoms with E-state index in [1.54, 1.807) is 13.8 Å². The highest BCUT2D eigenvalue weighted by Gasteiger charge is 2.33. The fourth-order valence-electron chi connectivity index (χ4n) is 2.60. The first-order chi connectivity index (χ1) is 13.8. The summed E-state index contributed by atoms with van der Waals surface area (Å²) in [6.45, 7) is 8.48. The average molecular weight is 431 g/mol. The summed E-state index contributed by atoms with van der Waals surface area (Å²) in [6, 6.07) is -4.64. The molecule has 172 valence electrons. The van der Waals surface area contributed by atoms with Crippen molar-refractivity contribution in [2.75, 3.05) is 0 Å². The SMILES string of the molecule is CCC(C)C(NC(=O)C(CC(=O)O)NC(=O)C(C)N)C(=O)NC(CC(C)C)C(=O)O. The minimum absolute atomic E-state index is 0.0106. The van der Waals surface area contributed by atoms with Gasteiger partial charge in [0.15, 0.2) is 0 Å². The van der Waals surface area contributed by atoms with Crippen LogP contribution in [-0.4, -0.2) is 64.0 Å². The molecule has 5 unspecified atom stereocenters. The Balaban J connectivity index is 5.51. The molecule has 0 heterocycles. The molecule has 3 amide bonds. The van der Waals surface area contributed by atoms with Gasteiger partial charge in [-0.1, -0.05) is 34.1 Å². The van der Waals surface area contributed by atoms with Crippen LogP contribution in [0.3, 0.4) is 0 Å². The van der Waals surface area contributed by atoms with Gasteiger partial charge in [-0.3, -0.25) is 19.2 Å². The quantitative estimate of drug-likeness (QED) is 0.224. The van der Waals surface area contributed by atoms with Crippen LogP contribution in [0.1, 0.15) is 53.9 Å². The van der Waals surface area contributed by atoms with Crippen molar-refractivity contribution in [1.29, 1.82) is 0 Å². The van der Waals surface area contributed by atoms with E-state index in [2.05, 4.69) is 16.0 Å². The number of carboxylic acids is 2. The van der Waals surface area contributed by atoms with Crippen LogP contribution >= 0.6 is 0 Å². The Kier molecular flexibility index (Phi) is 11.6. The highest BCUT2D eigenvalue weighted by atomic mass is 16.4. The van der Waals surface area contributed by atoms with Crippen molar-refractivity contribution in [3.8, 4) is 0 Å². The lowest BCUT2D eigenvalue weighted by Crippen LogP contribution is -2.58. The molecule has 30 heavy (non-hydrogen) atoms. The summed E-state index contributed by atoms with van der Waals surface area (Å²) in [4.78, 5) is 59.7. The molecule has 0 saturated heterocycles. The second kappa shape index (κ2) is 12.8. The van der Waals surface area contributed by atoms with Crippen molar-refractivity contribution in [1.82, 2.24) is 16.0 Å². The van der Waals surface area contributed by atoms with E-state index < -0.39 is 60.2 Å². The van der Waals surface area contributed by atoms with E-state index in [0.717, 1.165) is 0 Å². The maximum absolute atomic E-state index is 12.7. The van der Waals surface area contributed by atoms with Crippen molar-refractivity contribution in [3.05, 3.63) is 0 Å². The molecule has 0 aliphatic carbocycles. The van der Waals surface area contributed by atoms with E-state index in [-0.39, 0.29) is 18.3 Å². The number of carbonyl (C=O) groups excluding carboxylic acids is 3. The largest absolute Gasteiger partial charge is 0.481 e. The molecule has 0 aliphatic rings. The minimum Gasteiger partial charge on any atom is -0.481 e. The van der Waals surface area contributed by atoms with E-state index in [1.807, 2.05) is 13.8 Å². The molecule has 0 radical (unpaired) electrons. The molecule has 11 heteroatoms.